The van der Waals surface area contributed by atoms with Crippen molar-refractivity contribution >= 4 is 17.6 Å². The van der Waals surface area contributed by atoms with Crippen LogP contribution in [0.15, 0.2) is 72.8 Å². The molecule has 0 N–H and O–H groups in total. The van der Waals surface area contributed by atoms with E-state index in [0.29, 0.717) is 16.3 Å². The van der Waals surface area contributed by atoms with Crippen molar-refractivity contribution in [1.82, 2.24) is 0 Å². The highest BCUT2D eigenvalue weighted by Gasteiger charge is 2.26. The number of hydrogen-bond donors (Lipinski definition) is 0. The second kappa shape index (κ2) is 8.73. The molecule has 28 heavy (non-hydrogen) atoms. The van der Waals surface area contributed by atoms with Crippen molar-refractivity contribution in [1.29, 1.82) is 5.26 Å². The van der Waals surface area contributed by atoms with E-state index in [1.807, 2.05) is 50.2 Å². The van der Waals surface area contributed by atoms with Gasteiger partial charge in [0, 0.05) is 5.02 Å². The number of ether oxygens (including phenoxy) is 1. The van der Waals surface area contributed by atoms with Gasteiger partial charge in [-0.3, -0.25) is 4.79 Å². The lowest BCUT2D eigenvalue weighted by atomic mass is 9.88. The summed E-state index contributed by atoms with van der Waals surface area (Å²) < 4.78 is 5.63. The van der Waals surface area contributed by atoms with E-state index in [9.17, 15) is 4.79 Å². The maximum absolute atomic E-state index is 12.8. The third-order valence-corrected chi connectivity index (χ3v) is 4.82. The van der Waals surface area contributed by atoms with E-state index in [0.717, 1.165) is 16.7 Å². The zero-order valence-corrected chi connectivity index (χ0v) is 16.5. The van der Waals surface area contributed by atoms with Gasteiger partial charge in [0.15, 0.2) is 0 Å². The molecule has 0 fully saturated rings. The summed E-state index contributed by atoms with van der Waals surface area (Å²) in [6, 6.07) is 24.1. The van der Waals surface area contributed by atoms with Crippen molar-refractivity contribution in [2.75, 3.05) is 0 Å². The summed E-state index contributed by atoms with van der Waals surface area (Å²) >= 11 is 5.96. The molecule has 0 aliphatic carbocycles. The first-order chi connectivity index (χ1) is 13.5. The van der Waals surface area contributed by atoms with Gasteiger partial charge in [-0.05, 0) is 59.0 Å². The monoisotopic (exact) mass is 389 g/mol. The number of carbonyl (C=O) groups is 1. The minimum Gasteiger partial charge on any atom is -0.426 e. The minimum absolute atomic E-state index is 0.0894. The van der Waals surface area contributed by atoms with Crippen molar-refractivity contribution in [3.05, 3.63) is 88.9 Å². The highest BCUT2D eigenvalue weighted by molar-refractivity contribution is 6.30. The smallest absolute Gasteiger partial charge is 0.319 e. The molecule has 0 amide bonds. The summed E-state index contributed by atoms with van der Waals surface area (Å²) in [6.07, 6.45) is 0. The molecule has 140 valence electrons. The Morgan fingerprint density at radius 1 is 0.893 bits per heavy atom. The number of benzene rings is 3. The minimum atomic E-state index is -0.365. The average molecular weight is 390 g/mol. The SMILES string of the molecule is CC(C)[C@@H](C(=O)Oc1ccc(-c2ccc(C#N)cc2)cc1)c1ccc(Cl)cc1. The predicted molar refractivity (Wildman–Crippen MR) is 111 cm³/mol. The molecule has 0 heterocycles. The molecule has 0 aromatic heterocycles. The molecule has 3 rings (SSSR count). The molecule has 3 aromatic carbocycles. The quantitative estimate of drug-likeness (QED) is 0.384. The third-order valence-electron chi connectivity index (χ3n) is 4.57. The normalized spacial score (nSPS) is 11.7. The topological polar surface area (TPSA) is 50.1 Å². The van der Waals surface area contributed by atoms with Crippen LogP contribution in [0, 0.1) is 17.2 Å². The van der Waals surface area contributed by atoms with E-state index in [1.54, 1.807) is 36.4 Å². The molecule has 0 unspecified atom stereocenters. The van der Waals surface area contributed by atoms with Gasteiger partial charge >= 0.3 is 5.97 Å². The van der Waals surface area contributed by atoms with Gasteiger partial charge in [0.05, 0.1) is 17.6 Å². The number of esters is 1. The lowest BCUT2D eigenvalue weighted by Crippen LogP contribution is -2.23. The summed E-state index contributed by atoms with van der Waals surface area (Å²) in [7, 11) is 0. The number of nitriles is 1. The Morgan fingerprint density at radius 2 is 1.43 bits per heavy atom. The molecule has 0 radical (unpaired) electrons. The molecule has 0 bridgehead atoms. The van der Waals surface area contributed by atoms with Crippen molar-refractivity contribution < 1.29 is 9.53 Å². The number of rotatable bonds is 5. The first kappa shape index (κ1) is 19.7. The van der Waals surface area contributed by atoms with Crippen LogP contribution in [0.2, 0.25) is 5.02 Å². The van der Waals surface area contributed by atoms with Crippen LogP contribution in [-0.2, 0) is 4.79 Å². The molecule has 0 saturated carbocycles. The van der Waals surface area contributed by atoms with Crippen LogP contribution in [0.4, 0.5) is 0 Å². The van der Waals surface area contributed by atoms with Gasteiger partial charge in [0.25, 0.3) is 0 Å². The fourth-order valence-electron chi connectivity index (χ4n) is 3.10. The molecular formula is C24H20ClNO2. The fraction of sp³-hybridized carbons (Fsp3) is 0.167. The molecule has 4 heteroatoms. The van der Waals surface area contributed by atoms with E-state index in [1.165, 1.54) is 0 Å². The number of carbonyl (C=O) groups excluding carboxylic acids is 1. The first-order valence-corrected chi connectivity index (χ1v) is 9.43. The summed E-state index contributed by atoms with van der Waals surface area (Å²) in [5.74, 6) is -0.0625. The van der Waals surface area contributed by atoms with Gasteiger partial charge in [0.2, 0.25) is 0 Å². The van der Waals surface area contributed by atoms with Gasteiger partial charge in [-0.2, -0.15) is 5.26 Å². The Bertz CT molecular complexity index is 985. The number of hydrogen-bond acceptors (Lipinski definition) is 3. The van der Waals surface area contributed by atoms with Gasteiger partial charge in [-0.15, -0.1) is 0 Å². The van der Waals surface area contributed by atoms with Gasteiger partial charge in [-0.25, -0.2) is 0 Å². The van der Waals surface area contributed by atoms with Gasteiger partial charge < -0.3 is 4.74 Å². The summed E-state index contributed by atoms with van der Waals surface area (Å²) in [4.78, 5) is 12.8. The maximum Gasteiger partial charge on any atom is 0.319 e. The van der Waals surface area contributed by atoms with E-state index in [4.69, 9.17) is 21.6 Å². The lowest BCUT2D eigenvalue weighted by molar-refractivity contribution is -0.137. The third kappa shape index (κ3) is 4.60. The zero-order valence-electron chi connectivity index (χ0n) is 15.7. The summed E-state index contributed by atoms with van der Waals surface area (Å²) in [6.45, 7) is 3.99. The van der Waals surface area contributed by atoms with Crippen molar-refractivity contribution in [2.24, 2.45) is 5.92 Å². The van der Waals surface area contributed by atoms with Gasteiger partial charge in [-0.1, -0.05) is 61.8 Å². The van der Waals surface area contributed by atoms with Crippen molar-refractivity contribution in [3.63, 3.8) is 0 Å². The predicted octanol–water partition coefficient (Wildman–Crippen LogP) is 6.22. The van der Waals surface area contributed by atoms with Crippen LogP contribution >= 0.6 is 11.6 Å². The fourth-order valence-corrected chi connectivity index (χ4v) is 3.22. The number of nitrogens with zero attached hydrogens (tertiary/aromatic N) is 1. The molecule has 0 aliphatic rings. The van der Waals surface area contributed by atoms with E-state index >= 15 is 0 Å². The largest absolute Gasteiger partial charge is 0.426 e. The van der Waals surface area contributed by atoms with Crippen molar-refractivity contribution in [2.45, 2.75) is 19.8 Å². The van der Waals surface area contributed by atoms with Crippen LogP contribution < -0.4 is 4.74 Å². The second-order valence-electron chi connectivity index (χ2n) is 6.91. The van der Waals surface area contributed by atoms with Crippen LogP contribution in [0.3, 0.4) is 0 Å². The second-order valence-corrected chi connectivity index (χ2v) is 7.34. The van der Waals surface area contributed by atoms with Gasteiger partial charge in [0.1, 0.15) is 5.75 Å². The summed E-state index contributed by atoms with van der Waals surface area (Å²) in [5, 5.41) is 9.53. The van der Waals surface area contributed by atoms with E-state index < -0.39 is 0 Å². The Morgan fingerprint density at radius 3 is 1.93 bits per heavy atom. The molecule has 0 aliphatic heterocycles. The Labute approximate surface area is 170 Å². The van der Waals surface area contributed by atoms with Crippen LogP contribution in [0.1, 0.15) is 30.9 Å². The molecule has 3 aromatic rings. The van der Waals surface area contributed by atoms with Crippen LogP contribution in [0.5, 0.6) is 5.75 Å². The molecular weight excluding hydrogens is 370 g/mol. The van der Waals surface area contributed by atoms with Crippen molar-refractivity contribution in [3.8, 4) is 22.9 Å². The molecule has 3 nitrogen and oxygen atoms in total. The Kier molecular flexibility index (Phi) is 6.13. The molecule has 1 atom stereocenters. The number of halogens is 1. The molecule has 0 spiro atoms. The van der Waals surface area contributed by atoms with E-state index in [2.05, 4.69) is 6.07 Å². The Balaban J connectivity index is 1.75. The van der Waals surface area contributed by atoms with E-state index in [-0.39, 0.29) is 17.8 Å². The standard InChI is InChI=1S/C24H20ClNO2/c1-16(2)23(20-7-11-21(25)12-8-20)24(27)28-22-13-9-19(10-14-22)18-5-3-17(15-26)4-6-18/h3-14,16,23H,1-2H3/t23-/m1/s1. The highest BCUT2D eigenvalue weighted by Crippen LogP contribution is 2.29. The zero-order chi connectivity index (χ0) is 20.1. The van der Waals surface area contributed by atoms with Crippen LogP contribution in [0.25, 0.3) is 11.1 Å². The summed E-state index contributed by atoms with van der Waals surface area (Å²) in [5.41, 5.74) is 3.50. The maximum atomic E-state index is 12.8. The average Bonchev–Trinajstić information content (AvgIpc) is 2.70. The first-order valence-electron chi connectivity index (χ1n) is 9.05. The molecule has 0 saturated heterocycles. The Hall–Kier alpha value is -3.09. The lowest BCUT2D eigenvalue weighted by Gasteiger charge is -2.20. The highest BCUT2D eigenvalue weighted by atomic mass is 35.5. The van der Waals surface area contributed by atoms with Crippen LogP contribution in [-0.4, -0.2) is 5.97 Å².